The minimum atomic E-state index is 0.0941. The predicted molar refractivity (Wildman–Crippen MR) is 86.0 cm³/mol. The molecular weight excluding hydrogens is 270 g/mol. The zero-order valence-electron chi connectivity index (χ0n) is 12.0. The third-order valence-electron chi connectivity index (χ3n) is 3.43. The first-order valence-corrected chi connectivity index (χ1v) is 7.39. The van der Waals surface area contributed by atoms with E-state index in [-0.39, 0.29) is 5.91 Å². The molecule has 0 aliphatic carbocycles. The van der Waals surface area contributed by atoms with Gasteiger partial charge in [0.15, 0.2) is 5.11 Å². The largest absolute Gasteiger partial charge is 0.354 e. The van der Waals surface area contributed by atoms with Crippen LogP contribution in [-0.2, 0) is 4.79 Å². The first-order chi connectivity index (χ1) is 9.56. The predicted octanol–water partition coefficient (Wildman–Crippen LogP) is 2.33. The van der Waals surface area contributed by atoms with Crippen LogP contribution in [0.2, 0.25) is 0 Å². The zero-order chi connectivity index (χ0) is 14.5. The molecule has 20 heavy (non-hydrogen) atoms. The lowest BCUT2D eigenvalue weighted by atomic mass is 10.0. The van der Waals surface area contributed by atoms with Gasteiger partial charge < -0.3 is 15.5 Å². The van der Waals surface area contributed by atoms with Crippen molar-refractivity contribution in [3.8, 4) is 0 Å². The molecule has 1 heterocycles. The number of amides is 1. The SMILES string of the molecule is CC(C)c1ccc(NC(=S)N2CCNC(=O)CC2)cc1. The molecule has 1 amide bonds. The van der Waals surface area contributed by atoms with Gasteiger partial charge in [-0.05, 0) is 35.8 Å². The van der Waals surface area contributed by atoms with Gasteiger partial charge in [0, 0.05) is 31.7 Å². The molecule has 1 aliphatic rings. The molecule has 2 rings (SSSR count). The van der Waals surface area contributed by atoms with E-state index in [1.807, 2.05) is 17.0 Å². The second-order valence-corrected chi connectivity index (χ2v) is 5.68. The van der Waals surface area contributed by atoms with E-state index in [9.17, 15) is 4.79 Å². The van der Waals surface area contributed by atoms with Gasteiger partial charge in [-0.15, -0.1) is 0 Å². The summed E-state index contributed by atoms with van der Waals surface area (Å²) < 4.78 is 0. The molecule has 0 saturated carbocycles. The van der Waals surface area contributed by atoms with E-state index >= 15 is 0 Å². The first-order valence-electron chi connectivity index (χ1n) is 6.99. The lowest BCUT2D eigenvalue weighted by Gasteiger charge is -2.23. The molecule has 0 bridgehead atoms. The Bertz CT molecular complexity index is 484. The van der Waals surface area contributed by atoms with Crippen molar-refractivity contribution in [2.45, 2.75) is 26.2 Å². The number of carbonyl (C=O) groups is 1. The summed E-state index contributed by atoms with van der Waals surface area (Å²) in [6, 6.07) is 8.32. The molecule has 0 atom stereocenters. The van der Waals surface area contributed by atoms with Crippen LogP contribution in [0.1, 0.15) is 31.7 Å². The van der Waals surface area contributed by atoms with E-state index < -0.39 is 0 Å². The van der Waals surface area contributed by atoms with Gasteiger partial charge in [0.2, 0.25) is 5.91 Å². The number of nitrogens with zero attached hydrogens (tertiary/aromatic N) is 1. The van der Waals surface area contributed by atoms with E-state index in [2.05, 4.69) is 36.6 Å². The number of benzene rings is 1. The van der Waals surface area contributed by atoms with E-state index in [0.29, 0.717) is 30.5 Å². The molecule has 2 N–H and O–H groups in total. The van der Waals surface area contributed by atoms with Gasteiger partial charge in [-0.3, -0.25) is 4.79 Å². The molecule has 0 aromatic heterocycles. The van der Waals surface area contributed by atoms with Crippen molar-refractivity contribution >= 4 is 28.9 Å². The minimum absolute atomic E-state index is 0.0941. The van der Waals surface area contributed by atoms with Gasteiger partial charge in [-0.1, -0.05) is 26.0 Å². The highest BCUT2D eigenvalue weighted by Gasteiger charge is 2.15. The highest BCUT2D eigenvalue weighted by Crippen LogP contribution is 2.17. The van der Waals surface area contributed by atoms with E-state index in [4.69, 9.17) is 12.2 Å². The summed E-state index contributed by atoms with van der Waals surface area (Å²) in [6.07, 6.45) is 0.494. The van der Waals surface area contributed by atoms with Crippen LogP contribution >= 0.6 is 12.2 Å². The molecule has 1 aromatic carbocycles. The summed E-state index contributed by atoms with van der Waals surface area (Å²) >= 11 is 5.41. The number of hydrogen-bond acceptors (Lipinski definition) is 2. The zero-order valence-corrected chi connectivity index (χ0v) is 12.8. The lowest BCUT2D eigenvalue weighted by molar-refractivity contribution is -0.120. The lowest BCUT2D eigenvalue weighted by Crippen LogP contribution is -2.37. The van der Waals surface area contributed by atoms with Crippen LogP contribution in [0.4, 0.5) is 5.69 Å². The van der Waals surface area contributed by atoms with Crippen molar-refractivity contribution in [2.24, 2.45) is 0 Å². The van der Waals surface area contributed by atoms with Crippen molar-refractivity contribution in [3.63, 3.8) is 0 Å². The number of carbonyl (C=O) groups excluding carboxylic acids is 1. The van der Waals surface area contributed by atoms with E-state index in [0.717, 1.165) is 12.2 Å². The second kappa shape index (κ2) is 6.70. The smallest absolute Gasteiger partial charge is 0.221 e. The van der Waals surface area contributed by atoms with Gasteiger partial charge in [0.05, 0.1) is 0 Å². The molecule has 1 fully saturated rings. The summed E-state index contributed by atoms with van der Waals surface area (Å²) in [5, 5.41) is 6.76. The van der Waals surface area contributed by atoms with Crippen molar-refractivity contribution in [1.29, 1.82) is 0 Å². The molecule has 4 nitrogen and oxygen atoms in total. The quantitative estimate of drug-likeness (QED) is 0.821. The number of hydrogen-bond donors (Lipinski definition) is 2. The maximum atomic E-state index is 11.3. The second-order valence-electron chi connectivity index (χ2n) is 5.29. The third kappa shape index (κ3) is 3.93. The highest BCUT2D eigenvalue weighted by molar-refractivity contribution is 7.80. The van der Waals surface area contributed by atoms with Crippen molar-refractivity contribution in [1.82, 2.24) is 10.2 Å². The third-order valence-corrected chi connectivity index (χ3v) is 3.79. The van der Waals surface area contributed by atoms with Crippen LogP contribution in [0.25, 0.3) is 0 Å². The van der Waals surface area contributed by atoms with Crippen LogP contribution in [0, 0.1) is 0 Å². The van der Waals surface area contributed by atoms with Gasteiger partial charge in [-0.25, -0.2) is 0 Å². The molecule has 1 aliphatic heterocycles. The van der Waals surface area contributed by atoms with E-state index in [1.54, 1.807) is 0 Å². The molecule has 1 aromatic rings. The molecule has 0 unspecified atom stereocenters. The Morgan fingerprint density at radius 1 is 1.30 bits per heavy atom. The topological polar surface area (TPSA) is 44.4 Å². The number of nitrogens with one attached hydrogen (secondary N) is 2. The maximum Gasteiger partial charge on any atom is 0.221 e. The molecule has 0 radical (unpaired) electrons. The Morgan fingerprint density at radius 2 is 2.00 bits per heavy atom. The first kappa shape index (κ1) is 14.8. The molecule has 0 spiro atoms. The van der Waals surface area contributed by atoms with Gasteiger partial charge in [0.25, 0.3) is 0 Å². The summed E-state index contributed by atoms with van der Waals surface area (Å²) in [7, 11) is 0. The van der Waals surface area contributed by atoms with Crippen molar-refractivity contribution < 1.29 is 4.79 Å². The van der Waals surface area contributed by atoms with Crippen molar-refractivity contribution in [2.75, 3.05) is 25.0 Å². The summed E-state index contributed by atoms with van der Waals surface area (Å²) in [6.45, 7) is 6.42. The maximum absolute atomic E-state index is 11.3. The molecule has 5 heteroatoms. The van der Waals surface area contributed by atoms with Crippen molar-refractivity contribution in [3.05, 3.63) is 29.8 Å². The number of thiocarbonyl (C=S) groups is 1. The van der Waals surface area contributed by atoms with Crippen LogP contribution in [0.15, 0.2) is 24.3 Å². The molecule has 108 valence electrons. The average molecular weight is 291 g/mol. The Hall–Kier alpha value is -1.62. The standard InChI is InChI=1S/C15H21N3OS/c1-11(2)12-3-5-13(6-4-12)17-15(20)18-9-7-14(19)16-8-10-18/h3-6,11H,7-10H2,1-2H3,(H,16,19)(H,17,20). The Kier molecular flexibility index (Phi) is 4.95. The Balaban J connectivity index is 1.95. The van der Waals surface area contributed by atoms with Crippen LogP contribution in [0.3, 0.4) is 0 Å². The Morgan fingerprint density at radius 3 is 2.65 bits per heavy atom. The van der Waals surface area contributed by atoms with Gasteiger partial charge in [0.1, 0.15) is 0 Å². The fourth-order valence-electron chi connectivity index (χ4n) is 2.12. The summed E-state index contributed by atoms with van der Waals surface area (Å²) in [4.78, 5) is 13.3. The minimum Gasteiger partial charge on any atom is -0.354 e. The number of rotatable bonds is 2. The summed E-state index contributed by atoms with van der Waals surface area (Å²) in [5.74, 6) is 0.621. The van der Waals surface area contributed by atoms with Gasteiger partial charge in [-0.2, -0.15) is 0 Å². The highest BCUT2D eigenvalue weighted by atomic mass is 32.1. The molecule has 1 saturated heterocycles. The Labute approximate surface area is 125 Å². The number of anilines is 1. The fraction of sp³-hybridized carbons (Fsp3) is 0.467. The summed E-state index contributed by atoms with van der Waals surface area (Å²) in [5.41, 5.74) is 2.30. The average Bonchev–Trinajstić information content (AvgIpc) is 2.64. The van der Waals surface area contributed by atoms with Gasteiger partial charge >= 0.3 is 0 Å². The molecular formula is C15H21N3OS. The normalized spacial score (nSPS) is 15.8. The van der Waals surface area contributed by atoms with Crippen LogP contribution in [0.5, 0.6) is 0 Å². The van der Waals surface area contributed by atoms with Crippen LogP contribution in [-0.4, -0.2) is 35.6 Å². The van der Waals surface area contributed by atoms with E-state index in [1.165, 1.54) is 5.56 Å². The fourth-order valence-corrected chi connectivity index (χ4v) is 2.42. The van der Waals surface area contributed by atoms with Crippen LogP contribution < -0.4 is 10.6 Å². The monoisotopic (exact) mass is 291 g/mol.